The fourth-order valence-electron chi connectivity index (χ4n) is 5.10. The van der Waals surface area contributed by atoms with Gasteiger partial charge in [0.05, 0.1) is 0 Å². The van der Waals surface area contributed by atoms with E-state index in [1.165, 1.54) is 4.90 Å². The SMILES string of the molecule is C[Si](C)(C)NC1C(=O)N2C(C(=O)O)=C(C=P(c3ccccc3)(c3ccccc3)c3ccccc3)CS[C@@H]12. The molecule has 2 atom stereocenters. The highest BCUT2D eigenvalue weighted by atomic mass is 32.2. The number of amides is 1. The van der Waals surface area contributed by atoms with Crippen LogP contribution >= 0.6 is 18.6 Å². The highest BCUT2D eigenvalue weighted by Gasteiger charge is 2.54. The van der Waals surface area contributed by atoms with E-state index >= 15 is 0 Å². The van der Waals surface area contributed by atoms with Crippen LogP contribution in [0.4, 0.5) is 0 Å². The van der Waals surface area contributed by atoms with Crippen molar-refractivity contribution in [2.45, 2.75) is 31.1 Å². The molecule has 3 aromatic rings. The summed E-state index contributed by atoms with van der Waals surface area (Å²) in [6.07, 6.45) is 0. The molecule has 0 spiro atoms. The molecule has 1 saturated heterocycles. The highest BCUT2D eigenvalue weighted by molar-refractivity contribution is 8.00. The molecule has 0 saturated carbocycles. The van der Waals surface area contributed by atoms with Crippen LogP contribution in [0.3, 0.4) is 0 Å². The summed E-state index contributed by atoms with van der Waals surface area (Å²) in [5, 5.41) is 13.6. The number of fused-ring (bicyclic) bond motifs is 1. The van der Waals surface area contributed by atoms with Gasteiger partial charge < -0.3 is 10.1 Å². The number of carbonyl (C=O) groups excluding carboxylic acids is 1. The van der Waals surface area contributed by atoms with E-state index in [9.17, 15) is 14.7 Å². The fourth-order valence-corrected chi connectivity index (χ4v) is 11.8. The second kappa shape index (κ2) is 10.1. The van der Waals surface area contributed by atoms with Gasteiger partial charge in [0.2, 0.25) is 5.91 Å². The molecule has 0 aliphatic carbocycles. The third-order valence-corrected chi connectivity index (χ3v) is 13.1. The van der Waals surface area contributed by atoms with Crippen molar-refractivity contribution in [1.82, 2.24) is 9.88 Å². The van der Waals surface area contributed by atoms with Gasteiger partial charge in [-0.3, -0.25) is 9.69 Å². The Labute approximate surface area is 223 Å². The normalized spacial score (nSPS) is 19.8. The largest absolute Gasteiger partial charge is 0.477 e. The summed E-state index contributed by atoms with van der Waals surface area (Å²) in [7, 11) is -1.72. The number of nitrogens with zero attached hydrogens (tertiary/aromatic N) is 1. The standard InChI is InChI=1S/C29H31N2O3PSSi/c1-37(2,3)30-25-27(32)31-26(29(33)34)21(20-36-28(25)31)19-35(22-13-7-4-8-14-22,23-15-9-5-10-16-23)24-17-11-6-12-18-24/h4-19,25,28,30H,20H2,1-3H3,(H,33,34)/t25?,28-/m0/s1. The van der Waals surface area contributed by atoms with Gasteiger partial charge in [0.15, 0.2) is 0 Å². The maximum atomic E-state index is 13.3. The van der Waals surface area contributed by atoms with E-state index in [1.807, 2.05) is 54.6 Å². The molecule has 5 nitrogen and oxygen atoms in total. The number of β-lactam (4-membered cyclic amide) rings is 1. The Bertz CT molecular complexity index is 1300. The van der Waals surface area contributed by atoms with Crippen molar-refractivity contribution in [1.29, 1.82) is 0 Å². The van der Waals surface area contributed by atoms with Gasteiger partial charge in [-0.2, -0.15) is 0 Å². The Kier molecular flexibility index (Phi) is 7.07. The minimum absolute atomic E-state index is 0.120. The highest BCUT2D eigenvalue weighted by Crippen LogP contribution is 2.47. The summed E-state index contributed by atoms with van der Waals surface area (Å²) >= 11 is 1.65. The van der Waals surface area contributed by atoms with E-state index in [2.05, 4.69) is 66.8 Å². The maximum Gasteiger partial charge on any atom is 0.352 e. The maximum absolute atomic E-state index is 13.3. The minimum atomic E-state index is -2.40. The molecule has 1 amide bonds. The van der Waals surface area contributed by atoms with Crippen LogP contribution in [-0.4, -0.2) is 53.1 Å². The Morgan fingerprint density at radius 3 is 1.78 bits per heavy atom. The average Bonchev–Trinajstić information content (AvgIpc) is 2.91. The molecule has 5 rings (SSSR count). The lowest BCUT2D eigenvalue weighted by atomic mass is 10.0. The minimum Gasteiger partial charge on any atom is -0.477 e. The monoisotopic (exact) mass is 546 g/mol. The molecule has 1 fully saturated rings. The van der Waals surface area contributed by atoms with E-state index in [0.717, 1.165) is 15.9 Å². The molecule has 190 valence electrons. The predicted molar refractivity (Wildman–Crippen MR) is 159 cm³/mol. The molecule has 0 radical (unpaired) electrons. The molecule has 2 aliphatic rings. The summed E-state index contributed by atoms with van der Waals surface area (Å²) in [5.41, 5.74) is 0.827. The first-order valence-corrected chi connectivity index (χ1v) is 18.7. The van der Waals surface area contributed by atoms with E-state index in [4.69, 9.17) is 0 Å². The van der Waals surface area contributed by atoms with Crippen molar-refractivity contribution in [2.75, 3.05) is 5.75 Å². The number of carbonyl (C=O) groups is 2. The van der Waals surface area contributed by atoms with Gasteiger partial charge >= 0.3 is 5.97 Å². The van der Waals surface area contributed by atoms with Gasteiger partial charge in [-0.25, -0.2) is 4.79 Å². The number of nitrogens with one attached hydrogen (secondary N) is 1. The summed E-state index contributed by atoms with van der Waals surface area (Å²) in [4.78, 5) is 31.0. The first kappa shape index (κ1) is 25.8. The second-order valence-electron chi connectivity index (χ2n) is 10.3. The molecule has 2 N–H and O–H groups in total. The summed E-state index contributed by atoms with van der Waals surface area (Å²) in [6, 6.07) is 30.7. The van der Waals surface area contributed by atoms with Crippen LogP contribution < -0.4 is 20.9 Å². The smallest absolute Gasteiger partial charge is 0.352 e. The lowest BCUT2D eigenvalue weighted by Gasteiger charge is -2.51. The fraction of sp³-hybridized carbons (Fsp3) is 0.207. The van der Waals surface area contributed by atoms with Crippen molar-refractivity contribution in [3.63, 3.8) is 0 Å². The van der Waals surface area contributed by atoms with Crippen molar-refractivity contribution in [3.8, 4) is 0 Å². The summed E-state index contributed by atoms with van der Waals surface area (Å²) in [5.74, 6) is 1.52. The first-order valence-electron chi connectivity index (χ1n) is 12.3. The van der Waals surface area contributed by atoms with Gasteiger partial charge in [0.1, 0.15) is 25.3 Å². The molecule has 2 aliphatic heterocycles. The van der Waals surface area contributed by atoms with Crippen LogP contribution in [0.2, 0.25) is 19.6 Å². The third-order valence-electron chi connectivity index (χ3n) is 6.63. The molecule has 0 aromatic heterocycles. The topological polar surface area (TPSA) is 69.6 Å². The van der Waals surface area contributed by atoms with E-state index in [-0.39, 0.29) is 23.0 Å². The Morgan fingerprint density at radius 2 is 1.38 bits per heavy atom. The Morgan fingerprint density at radius 1 is 0.919 bits per heavy atom. The number of thioether (sulfide) groups is 1. The molecule has 2 heterocycles. The lowest BCUT2D eigenvalue weighted by molar-refractivity contribution is -0.148. The zero-order chi connectivity index (χ0) is 26.2. The molecule has 0 bridgehead atoms. The van der Waals surface area contributed by atoms with Gasteiger partial charge in [-0.15, -0.1) is 11.8 Å². The van der Waals surface area contributed by atoms with Crippen molar-refractivity contribution >= 4 is 60.5 Å². The van der Waals surface area contributed by atoms with E-state index < -0.39 is 21.1 Å². The number of carboxylic acid groups (broad SMARTS) is 1. The molecular formula is C29H31N2O3PSSi. The zero-order valence-corrected chi connectivity index (χ0v) is 23.9. The van der Waals surface area contributed by atoms with Crippen molar-refractivity contribution in [2.24, 2.45) is 0 Å². The first-order chi connectivity index (χ1) is 17.7. The Hall–Kier alpha value is -2.83. The molecule has 1 unspecified atom stereocenters. The van der Waals surface area contributed by atoms with Gasteiger partial charge in [0.25, 0.3) is 0 Å². The molecule has 8 heteroatoms. The Balaban J connectivity index is 1.76. The quantitative estimate of drug-likeness (QED) is 0.268. The molecular weight excluding hydrogens is 515 g/mol. The van der Waals surface area contributed by atoms with Crippen LogP contribution in [0.5, 0.6) is 0 Å². The van der Waals surface area contributed by atoms with Crippen LogP contribution in [0.25, 0.3) is 0 Å². The molecule has 37 heavy (non-hydrogen) atoms. The zero-order valence-electron chi connectivity index (χ0n) is 21.2. The molecule has 3 aromatic carbocycles. The van der Waals surface area contributed by atoms with E-state index in [0.29, 0.717) is 11.3 Å². The van der Waals surface area contributed by atoms with Crippen molar-refractivity contribution < 1.29 is 14.7 Å². The number of benzene rings is 3. The van der Waals surface area contributed by atoms with Gasteiger partial charge in [-0.05, 0) is 34.2 Å². The lowest BCUT2D eigenvalue weighted by Crippen LogP contribution is -2.73. The average molecular weight is 547 g/mol. The van der Waals surface area contributed by atoms with Gasteiger partial charge in [0, 0.05) is 5.75 Å². The number of aliphatic carboxylic acids is 1. The van der Waals surface area contributed by atoms with Crippen molar-refractivity contribution in [3.05, 3.63) is 102 Å². The van der Waals surface area contributed by atoms with Crippen LogP contribution in [0.15, 0.2) is 102 Å². The predicted octanol–water partition coefficient (Wildman–Crippen LogP) is 3.83. The number of hydrogen-bond acceptors (Lipinski definition) is 4. The third kappa shape index (κ3) is 4.77. The second-order valence-corrected chi connectivity index (χ2v) is 19.5. The summed E-state index contributed by atoms with van der Waals surface area (Å²) < 4.78 is 0. The van der Waals surface area contributed by atoms with Gasteiger partial charge in [-0.1, -0.05) is 111 Å². The van der Waals surface area contributed by atoms with Crippen LogP contribution in [0.1, 0.15) is 0 Å². The van der Waals surface area contributed by atoms with Crippen LogP contribution in [0, 0.1) is 0 Å². The van der Waals surface area contributed by atoms with Crippen LogP contribution in [-0.2, 0) is 9.59 Å². The summed E-state index contributed by atoms with van der Waals surface area (Å²) in [6.45, 7) is 4.07. The number of hydrogen-bond donors (Lipinski definition) is 2. The van der Waals surface area contributed by atoms with E-state index in [1.54, 1.807) is 11.8 Å². The number of carboxylic acids is 1. The number of rotatable bonds is 7.